The smallest absolute Gasteiger partial charge is 0.142 e. The standard InChI is InChI=1S/C11H16N2O2/c1-10-11(3-2-4-12-10)15-9-13-5-7-14-8-6-13/h2-4H,5-9H2,1H3. The highest BCUT2D eigenvalue weighted by molar-refractivity contribution is 5.25. The van der Waals surface area contributed by atoms with Crippen LogP contribution in [0.4, 0.5) is 0 Å². The molecular weight excluding hydrogens is 192 g/mol. The average molecular weight is 208 g/mol. The van der Waals surface area contributed by atoms with Crippen molar-refractivity contribution in [3.8, 4) is 5.75 Å². The van der Waals surface area contributed by atoms with E-state index in [0.717, 1.165) is 37.7 Å². The van der Waals surface area contributed by atoms with E-state index in [4.69, 9.17) is 9.47 Å². The van der Waals surface area contributed by atoms with E-state index in [1.54, 1.807) is 6.20 Å². The number of aryl methyl sites for hydroxylation is 1. The zero-order valence-corrected chi connectivity index (χ0v) is 8.98. The summed E-state index contributed by atoms with van der Waals surface area (Å²) >= 11 is 0. The van der Waals surface area contributed by atoms with E-state index in [2.05, 4.69) is 9.88 Å². The SMILES string of the molecule is Cc1ncccc1OCN1CCOCC1. The molecule has 1 saturated heterocycles. The number of nitrogens with zero attached hydrogens (tertiary/aromatic N) is 2. The lowest BCUT2D eigenvalue weighted by Gasteiger charge is -2.26. The third-order valence-electron chi connectivity index (χ3n) is 2.46. The first kappa shape index (κ1) is 10.4. The molecular formula is C11H16N2O2. The first-order valence-electron chi connectivity index (χ1n) is 5.21. The Balaban J connectivity index is 1.84. The number of rotatable bonds is 3. The Morgan fingerprint density at radius 3 is 3.00 bits per heavy atom. The summed E-state index contributed by atoms with van der Waals surface area (Å²) in [4.78, 5) is 6.41. The maximum Gasteiger partial charge on any atom is 0.142 e. The minimum absolute atomic E-state index is 0.621. The third kappa shape index (κ3) is 2.91. The molecule has 0 aliphatic carbocycles. The van der Waals surface area contributed by atoms with Gasteiger partial charge in [-0.15, -0.1) is 0 Å². The van der Waals surface area contributed by atoms with Crippen molar-refractivity contribution in [2.24, 2.45) is 0 Å². The molecule has 1 aliphatic heterocycles. The zero-order chi connectivity index (χ0) is 10.5. The molecule has 0 spiro atoms. The van der Waals surface area contributed by atoms with E-state index in [0.29, 0.717) is 6.73 Å². The Labute approximate surface area is 89.8 Å². The van der Waals surface area contributed by atoms with Crippen molar-refractivity contribution in [2.75, 3.05) is 33.0 Å². The van der Waals surface area contributed by atoms with E-state index in [1.165, 1.54) is 0 Å². The molecule has 0 saturated carbocycles. The van der Waals surface area contributed by atoms with Gasteiger partial charge in [0.1, 0.15) is 12.5 Å². The molecule has 1 aliphatic rings. The summed E-state index contributed by atoms with van der Waals surface area (Å²) in [5.74, 6) is 0.865. The summed E-state index contributed by atoms with van der Waals surface area (Å²) in [7, 11) is 0. The number of hydrogen-bond acceptors (Lipinski definition) is 4. The molecule has 1 aromatic rings. The fourth-order valence-corrected chi connectivity index (χ4v) is 1.51. The van der Waals surface area contributed by atoms with E-state index in [1.807, 2.05) is 19.1 Å². The minimum Gasteiger partial charge on any atom is -0.476 e. The number of pyridine rings is 1. The van der Waals surface area contributed by atoms with Gasteiger partial charge in [0, 0.05) is 19.3 Å². The van der Waals surface area contributed by atoms with Crippen LogP contribution in [-0.4, -0.2) is 42.9 Å². The fourth-order valence-electron chi connectivity index (χ4n) is 1.51. The molecule has 2 rings (SSSR count). The van der Waals surface area contributed by atoms with E-state index >= 15 is 0 Å². The number of ether oxygens (including phenoxy) is 2. The van der Waals surface area contributed by atoms with Crippen molar-refractivity contribution in [3.63, 3.8) is 0 Å². The predicted octanol–water partition coefficient (Wildman–Crippen LogP) is 1.06. The summed E-state index contributed by atoms with van der Waals surface area (Å²) in [5.41, 5.74) is 0.936. The molecule has 0 bridgehead atoms. The molecule has 4 nitrogen and oxygen atoms in total. The van der Waals surface area contributed by atoms with Crippen LogP contribution in [0.1, 0.15) is 5.69 Å². The minimum atomic E-state index is 0.621. The van der Waals surface area contributed by atoms with Crippen molar-refractivity contribution in [2.45, 2.75) is 6.92 Å². The summed E-state index contributed by atoms with van der Waals surface area (Å²) < 4.78 is 11.0. The highest BCUT2D eigenvalue weighted by Crippen LogP contribution is 2.13. The van der Waals surface area contributed by atoms with Crippen LogP contribution in [0, 0.1) is 6.92 Å². The Morgan fingerprint density at radius 1 is 1.47 bits per heavy atom. The zero-order valence-electron chi connectivity index (χ0n) is 8.98. The van der Waals surface area contributed by atoms with Gasteiger partial charge in [-0.3, -0.25) is 9.88 Å². The molecule has 4 heteroatoms. The Hall–Kier alpha value is -1.13. The van der Waals surface area contributed by atoms with Crippen molar-refractivity contribution >= 4 is 0 Å². The van der Waals surface area contributed by atoms with Crippen LogP contribution in [-0.2, 0) is 4.74 Å². The second kappa shape index (κ2) is 5.09. The van der Waals surface area contributed by atoms with Crippen molar-refractivity contribution in [3.05, 3.63) is 24.0 Å². The molecule has 82 valence electrons. The molecule has 0 atom stereocenters. The van der Waals surface area contributed by atoms with Crippen LogP contribution in [0.5, 0.6) is 5.75 Å². The van der Waals surface area contributed by atoms with Gasteiger partial charge in [-0.1, -0.05) is 0 Å². The van der Waals surface area contributed by atoms with Crippen LogP contribution in [0.25, 0.3) is 0 Å². The monoisotopic (exact) mass is 208 g/mol. The lowest BCUT2D eigenvalue weighted by molar-refractivity contribution is 0.00383. The van der Waals surface area contributed by atoms with Gasteiger partial charge < -0.3 is 9.47 Å². The Bertz CT molecular complexity index is 311. The lowest BCUT2D eigenvalue weighted by atomic mass is 10.3. The number of aromatic nitrogens is 1. The topological polar surface area (TPSA) is 34.6 Å². The van der Waals surface area contributed by atoms with Gasteiger partial charge in [-0.25, -0.2) is 0 Å². The normalized spacial score (nSPS) is 17.7. The third-order valence-corrected chi connectivity index (χ3v) is 2.46. The van der Waals surface area contributed by atoms with Crippen molar-refractivity contribution < 1.29 is 9.47 Å². The van der Waals surface area contributed by atoms with Gasteiger partial charge in [0.05, 0.1) is 18.9 Å². The van der Waals surface area contributed by atoms with Gasteiger partial charge in [-0.2, -0.15) is 0 Å². The molecule has 0 amide bonds. The van der Waals surface area contributed by atoms with Crippen LogP contribution in [0.15, 0.2) is 18.3 Å². The summed E-state index contributed by atoms with van der Waals surface area (Å²) in [5, 5.41) is 0. The van der Waals surface area contributed by atoms with Gasteiger partial charge in [-0.05, 0) is 19.1 Å². The Kier molecular flexibility index (Phi) is 3.53. The molecule has 0 aromatic carbocycles. The fraction of sp³-hybridized carbons (Fsp3) is 0.545. The maximum absolute atomic E-state index is 5.68. The van der Waals surface area contributed by atoms with E-state index < -0.39 is 0 Å². The average Bonchev–Trinajstić information content (AvgIpc) is 2.29. The first-order valence-corrected chi connectivity index (χ1v) is 5.21. The summed E-state index contributed by atoms with van der Waals surface area (Å²) in [6, 6.07) is 3.84. The molecule has 0 radical (unpaired) electrons. The van der Waals surface area contributed by atoms with Crippen LogP contribution in [0.3, 0.4) is 0 Å². The van der Waals surface area contributed by atoms with Gasteiger partial charge in [0.2, 0.25) is 0 Å². The Morgan fingerprint density at radius 2 is 2.27 bits per heavy atom. The van der Waals surface area contributed by atoms with Crippen molar-refractivity contribution in [1.82, 2.24) is 9.88 Å². The van der Waals surface area contributed by atoms with E-state index in [9.17, 15) is 0 Å². The second-order valence-corrected chi connectivity index (χ2v) is 3.59. The number of morpholine rings is 1. The van der Waals surface area contributed by atoms with Crippen LogP contribution >= 0.6 is 0 Å². The van der Waals surface area contributed by atoms with Gasteiger partial charge >= 0.3 is 0 Å². The van der Waals surface area contributed by atoms with Crippen LogP contribution in [0.2, 0.25) is 0 Å². The largest absolute Gasteiger partial charge is 0.476 e. The summed E-state index contributed by atoms with van der Waals surface area (Å²) in [6.07, 6.45) is 1.77. The lowest BCUT2D eigenvalue weighted by Crippen LogP contribution is -2.38. The quantitative estimate of drug-likeness (QED) is 0.744. The predicted molar refractivity (Wildman–Crippen MR) is 56.9 cm³/mol. The van der Waals surface area contributed by atoms with Crippen molar-refractivity contribution in [1.29, 1.82) is 0 Å². The molecule has 1 fully saturated rings. The van der Waals surface area contributed by atoms with Gasteiger partial charge in [0.15, 0.2) is 0 Å². The van der Waals surface area contributed by atoms with Crippen LogP contribution < -0.4 is 4.74 Å². The first-order chi connectivity index (χ1) is 7.36. The number of hydrogen-bond donors (Lipinski definition) is 0. The highest BCUT2D eigenvalue weighted by atomic mass is 16.5. The second-order valence-electron chi connectivity index (χ2n) is 3.59. The molecule has 0 N–H and O–H groups in total. The maximum atomic E-state index is 5.68. The summed E-state index contributed by atoms with van der Waals surface area (Å²) in [6.45, 7) is 6.06. The molecule has 2 heterocycles. The van der Waals surface area contributed by atoms with Gasteiger partial charge in [0.25, 0.3) is 0 Å². The molecule has 0 unspecified atom stereocenters. The highest BCUT2D eigenvalue weighted by Gasteiger charge is 2.10. The molecule has 1 aromatic heterocycles. The molecule has 15 heavy (non-hydrogen) atoms. The van der Waals surface area contributed by atoms with E-state index in [-0.39, 0.29) is 0 Å².